The Morgan fingerprint density at radius 2 is 1.48 bits per heavy atom. The molecule has 5 nitrogen and oxygen atoms in total. The van der Waals surface area contributed by atoms with Crippen LogP contribution in [0.1, 0.15) is 68.9 Å². The maximum atomic E-state index is 10.4. The monoisotopic (exact) mass is 610 g/mol. The summed E-state index contributed by atoms with van der Waals surface area (Å²) >= 11 is 1.80. The van der Waals surface area contributed by atoms with Crippen LogP contribution in [0.25, 0.3) is 20.5 Å². The molecule has 3 aliphatic rings. The number of piperidine rings is 1. The summed E-state index contributed by atoms with van der Waals surface area (Å²) in [5.74, 6) is 2.21. The van der Waals surface area contributed by atoms with Crippen molar-refractivity contribution in [2.45, 2.75) is 76.4 Å². The SMILES string of the molecule is Oc1ccc2sc(-c3ccc(OCCN4CCCC4)cc3)c(Cc3ccc(O[C@@H]4CCCC[C@H]4N4CCCCC4)cc3)c2c1. The number of fused-ring (bicyclic) bond motifs is 1. The van der Waals surface area contributed by atoms with Crippen molar-refractivity contribution in [3.05, 3.63) is 77.9 Å². The van der Waals surface area contributed by atoms with E-state index in [2.05, 4.69) is 58.3 Å². The van der Waals surface area contributed by atoms with Gasteiger partial charge in [0.2, 0.25) is 0 Å². The van der Waals surface area contributed by atoms with Crippen molar-refractivity contribution in [1.82, 2.24) is 9.80 Å². The molecule has 1 N–H and O–H groups in total. The highest BCUT2D eigenvalue weighted by molar-refractivity contribution is 7.22. The van der Waals surface area contributed by atoms with Gasteiger partial charge in [0.15, 0.2) is 0 Å². The molecule has 4 aromatic rings. The van der Waals surface area contributed by atoms with Crippen molar-refractivity contribution < 1.29 is 14.6 Å². The molecule has 0 bridgehead atoms. The average Bonchev–Trinajstić information content (AvgIpc) is 3.71. The Hall–Kier alpha value is -3.06. The molecule has 6 heteroatoms. The highest BCUT2D eigenvalue weighted by atomic mass is 32.1. The van der Waals surface area contributed by atoms with Crippen LogP contribution in [0.2, 0.25) is 0 Å². The predicted octanol–water partition coefficient (Wildman–Crippen LogP) is 8.52. The first kappa shape index (κ1) is 29.6. The molecule has 1 aromatic heterocycles. The third kappa shape index (κ3) is 6.93. The molecule has 1 saturated carbocycles. The minimum absolute atomic E-state index is 0.287. The van der Waals surface area contributed by atoms with Crippen molar-refractivity contribution in [3.63, 3.8) is 0 Å². The summed E-state index contributed by atoms with van der Waals surface area (Å²) in [7, 11) is 0. The first-order valence-electron chi connectivity index (χ1n) is 16.9. The molecule has 232 valence electrons. The van der Waals surface area contributed by atoms with Gasteiger partial charge in [0.05, 0.1) is 0 Å². The van der Waals surface area contributed by atoms with Gasteiger partial charge in [-0.2, -0.15) is 0 Å². The Morgan fingerprint density at radius 1 is 0.750 bits per heavy atom. The number of hydrogen-bond acceptors (Lipinski definition) is 6. The highest BCUT2D eigenvalue weighted by Gasteiger charge is 2.32. The van der Waals surface area contributed by atoms with Gasteiger partial charge < -0.3 is 14.6 Å². The number of phenols is 1. The summed E-state index contributed by atoms with van der Waals surface area (Å²) in [4.78, 5) is 6.43. The van der Waals surface area contributed by atoms with Gasteiger partial charge in [0, 0.05) is 27.5 Å². The van der Waals surface area contributed by atoms with Crippen LogP contribution in [0.15, 0.2) is 66.7 Å². The zero-order valence-electron chi connectivity index (χ0n) is 25.9. The molecule has 0 radical (unpaired) electrons. The molecule has 3 aromatic carbocycles. The molecule has 0 amide bonds. The molecular formula is C38H46N2O3S. The lowest BCUT2D eigenvalue weighted by Crippen LogP contribution is -2.49. The fraction of sp³-hybridized carbons (Fsp3) is 0.474. The molecule has 2 aliphatic heterocycles. The Kier molecular flexibility index (Phi) is 9.38. The van der Waals surface area contributed by atoms with Crippen molar-refractivity contribution in [3.8, 4) is 27.7 Å². The lowest BCUT2D eigenvalue weighted by Gasteiger charge is -2.41. The van der Waals surface area contributed by atoms with Crippen LogP contribution in [-0.2, 0) is 6.42 Å². The maximum Gasteiger partial charge on any atom is 0.119 e. The molecular weight excluding hydrogens is 564 g/mol. The van der Waals surface area contributed by atoms with Gasteiger partial charge in [-0.15, -0.1) is 11.3 Å². The molecule has 0 spiro atoms. The third-order valence-electron chi connectivity index (χ3n) is 9.88. The smallest absolute Gasteiger partial charge is 0.119 e. The van der Waals surface area contributed by atoms with E-state index < -0.39 is 0 Å². The van der Waals surface area contributed by atoms with Gasteiger partial charge in [-0.3, -0.25) is 9.80 Å². The van der Waals surface area contributed by atoms with Crippen LogP contribution < -0.4 is 9.47 Å². The van der Waals surface area contributed by atoms with Gasteiger partial charge in [-0.25, -0.2) is 0 Å². The first-order chi connectivity index (χ1) is 21.7. The summed E-state index contributed by atoms with van der Waals surface area (Å²) in [5.41, 5.74) is 3.70. The van der Waals surface area contributed by atoms with Crippen molar-refractivity contribution in [2.24, 2.45) is 0 Å². The van der Waals surface area contributed by atoms with Crippen LogP contribution in [0, 0.1) is 0 Å². The summed E-state index contributed by atoms with van der Waals surface area (Å²) < 4.78 is 13.9. The Bertz CT molecular complexity index is 1500. The summed E-state index contributed by atoms with van der Waals surface area (Å²) in [5, 5.41) is 11.5. The van der Waals surface area contributed by atoms with E-state index in [1.807, 2.05) is 12.1 Å². The van der Waals surface area contributed by atoms with Gasteiger partial charge in [0.25, 0.3) is 0 Å². The second-order valence-electron chi connectivity index (χ2n) is 12.9. The third-order valence-corrected chi connectivity index (χ3v) is 11.1. The molecule has 2 saturated heterocycles. The number of phenolic OH excluding ortho intramolecular Hbond substituents is 1. The van der Waals surface area contributed by atoms with Crippen LogP contribution in [0.3, 0.4) is 0 Å². The van der Waals surface area contributed by atoms with Crippen LogP contribution >= 0.6 is 11.3 Å². The summed E-state index contributed by atoms with van der Waals surface area (Å²) in [6.45, 7) is 6.57. The topological polar surface area (TPSA) is 45.2 Å². The summed E-state index contributed by atoms with van der Waals surface area (Å²) in [6.07, 6.45) is 12.7. The van der Waals surface area contributed by atoms with Gasteiger partial charge in [-0.05, 0) is 149 Å². The minimum Gasteiger partial charge on any atom is -0.508 e. The van der Waals surface area contributed by atoms with Crippen molar-refractivity contribution in [2.75, 3.05) is 39.3 Å². The quantitative estimate of drug-likeness (QED) is 0.195. The maximum absolute atomic E-state index is 10.4. The van der Waals surface area contributed by atoms with Gasteiger partial charge in [0.1, 0.15) is 30.0 Å². The lowest BCUT2D eigenvalue weighted by molar-refractivity contribution is 0.0261. The fourth-order valence-corrected chi connectivity index (χ4v) is 8.70. The van der Waals surface area contributed by atoms with E-state index in [9.17, 15) is 5.11 Å². The lowest BCUT2D eigenvalue weighted by atomic mass is 9.90. The second-order valence-corrected chi connectivity index (χ2v) is 14.0. The second kappa shape index (κ2) is 13.9. The molecule has 3 fully saturated rings. The average molecular weight is 611 g/mol. The Balaban J connectivity index is 1.06. The van der Waals surface area contributed by atoms with E-state index in [1.54, 1.807) is 17.4 Å². The van der Waals surface area contributed by atoms with E-state index >= 15 is 0 Å². The molecule has 1 aliphatic carbocycles. The normalized spacial score (nSPS) is 21.5. The highest BCUT2D eigenvalue weighted by Crippen LogP contribution is 2.42. The summed E-state index contributed by atoms with van der Waals surface area (Å²) in [6, 6.07) is 23.6. The molecule has 44 heavy (non-hydrogen) atoms. The zero-order valence-corrected chi connectivity index (χ0v) is 26.7. The number of benzene rings is 3. The van der Waals surface area contributed by atoms with E-state index in [1.165, 1.54) is 104 Å². The molecule has 2 atom stereocenters. The van der Waals surface area contributed by atoms with Crippen LogP contribution in [-0.4, -0.2) is 66.4 Å². The van der Waals surface area contributed by atoms with Crippen LogP contribution in [0.4, 0.5) is 0 Å². The number of aromatic hydroxyl groups is 1. The number of likely N-dealkylation sites (tertiary alicyclic amines) is 2. The number of nitrogens with zero attached hydrogens (tertiary/aromatic N) is 2. The molecule has 3 heterocycles. The van der Waals surface area contributed by atoms with E-state index in [4.69, 9.17) is 9.47 Å². The van der Waals surface area contributed by atoms with E-state index in [0.29, 0.717) is 11.8 Å². The standard InChI is InChI=1S/C38H46N2O3S/c41-30-14-19-37-33(27-30)34(38(44-37)29-12-17-31(18-13-29)42-25-24-39-20-6-7-21-39)26-28-10-15-32(16-11-28)43-36-9-3-2-8-35(36)40-22-4-1-5-23-40/h10-19,27,35-36,41H,1-9,20-26H2/t35-,36-/m1/s1. The molecule has 0 unspecified atom stereocenters. The number of thiophene rings is 1. The van der Waals surface area contributed by atoms with E-state index in [-0.39, 0.29) is 6.10 Å². The fourth-order valence-electron chi connectivity index (χ4n) is 7.49. The Labute approximate surface area is 266 Å². The van der Waals surface area contributed by atoms with Gasteiger partial charge in [-0.1, -0.05) is 25.0 Å². The minimum atomic E-state index is 0.287. The van der Waals surface area contributed by atoms with E-state index in [0.717, 1.165) is 42.9 Å². The predicted molar refractivity (Wildman–Crippen MR) is 181 cm³/mol. The largest absolute Gasteiger partial charge is 0.508 e. The number of ether oxygens (including phenoxy) is 2. The first-order valence-corrected chi connectivity index (χ1v) is 17.7. The zero-order chi connectivity index (χ0) is 29.7. The Morgan fingerprint density at radius 3 is 2.27 bits per heavy atom. The van der Waals surface area contributed by atoms with Crippen LogP contribution in [0.5, 0.6) is 17.2 Å². The number of hydrogen-bond donors (Lipinski definition) is 1. The van der Waals surface area contributed by atoms with Gasteiger partial charge >= 0.3 is 0 Å². The molecule has 7 rings (SSSR count). The van der Waals surface area contributed by atoms with Crippen molar-refractivity contribution in [1.29, 1.82) is 0 Å². The van der Waals surface area contributed by atoms with Crippen molar-refractivity contribution >= 4 is 21.4 Å². The number of rotatable bonds is 10.